The zero-order valence-corrected chi connectivity index (χ0v) is 6.76. The minimum Gasteiger partial charge on any atom is -0.475 e. The van der Waals surface area contributed by atoms with Crippen molar-refractivity contribution < 1.29 is 19.2 Å². The standard InChI is InChI=1S/C7H7NO5/c1-4(8(11)12)5-2-3-6(13-5)7(9)10/h2-4H,1H3,(H,9,10). The molecule has 6 heteroatoms. The van der Waals surface area contributed by atoms with Crippen LogP contribution in [0.15, 0.2) is 16.5 Å². The Hall–Kier alpha value is -1.85. The maximum atomic E-state index is 10.3. The van der Waals surface area contributed by atoms with Gasteiger partial charge in [0, 0.05) is 11.8 Å². The van der Waals surface area contributed by atoms with Gasteiger partial charge in [-0.2, -0.15) is 0 Å². The van der Waals surface area contributed by atoms with Crippen LogP contribution in [0.3, 0.4) is 0 Å². The van der Waals surface area contributed by atoms with Gasteiger partial charge in [-0.1, -0.05) is 0 Å². The summed E-state index contributed by atoms with van der Waals surface area (Å²) in [5, 5.41) is 18.7. The first-order valence-corrected chi connectivity index (χ1v) is 3.49. The van der Waals surface area contributed by atoms with Gasteiger partial charge in [-0.3, -0.25) is 10.1 Å². The minimum atomic E-state index is -1.23. The van der Waals surface area contributed by atoms with E-state index >= 15 is 0 Å². The Bertz CT molecular complexity index is 342. The van der Waals surface area contributed by atoms with Crippen LogP contribution in [-0.2, 0) is 0 Å². The van der Waals surface area contributed by atoms with Crippen LogP contribution in [-0.4, -0.2) is 16.0 Å². The van der Waals surface area contributed by atoms with Gasteiger partial charge in [0.05, 0.1) is 0 Å². The summed E-state index contributed by atoms with van der Waals surface area (Å²) in [5.41, 5.74) is 0. The molecule has 0 aliphatic carbocycles. The van der Waals surface area contributed by atoms with Crippen LogP contribution in [0.25, 0.3) is 0 Å². The highest BCUT2D eigenvalue weighted by Crippen LogP contribution is 2.18. The van der Waals surface area contributed by atoms with Crippen molar-refractivity contribution in [3.63, 3.8) is 0 Å². The molecular weight excluding hydrogens is 178 g/mol. The molecule has 0 aliphatic rings. The first kappa shape index (κ1) is 9.24. The van der Waals surface area contributed by atoms with Crippen LogP contribution < -0.4 is 0 Å². The Morgan fingerprint density at radius 1 is 1.69 bits per heavy atom. The quantitative estimate of drug-likeness (QED) is 0.566. The lowest BCUT2D eigenvalue weighted by Crippen LogP contribution is -2.04. The molecule has 0 bridgehead atoms. The van der Waals surface area contributed by atoms with E-state index in [1.807, 2.05) is 0 Å². The number of nitrogens with zero attached hydrogens (tertiary/aromatic N) is 1. The topological polar surface area (TPSA) is 93.6 Å². The van der Waals surface area contributed by atoms with Gasteiger partial charge in [0.1, 0.15) is 0 Å². The van der Waals surface area contributed by atoms with E-state index in [9.17, 15) is 14.9 Å². The molecule has 1 atom stereocenters. The molecule has 1 rings (SSSR count). The minimum absolute atomic E-state index is 0.0439. The SMILES string of the molecule is CC(c1ccc(C(=O)O)o1)[N+](=O)[O-]. The molecule has 1 unspecified atom stereocenters. The first-order valence-electron chi connectivity index (χ1n) is 3.49. The molecule has 0 aromatic carbocycles. The predicted molar refractivity (Wildman–Crippen MR) is 41.1 cm³/mol. The van der Waals surface area contributed by atoms with Crippen molar-refractivity contribution >= 4 is 5.97 Å². The van der Waals surface area contributed by atoms with Gasteiger partial charge in [0.2, 0.25) is 5.76 Å². The fourth-order valence-electron chi connectivity index (χ4n) is 0.796. The zero-order chi connectivity index (χ0) is 10.0. The number of carbonyl (C=O) groups is 1. The first-order chi connectivity index (χ1) is 6.02. The van der Waals surface area contributed by atoms with Gasteiger partial charge < -0.3 is 9.52 Å². The number of rotatable bonds is 3. The maximum absolute atomic E-state index is 10.3. The van der Waals surface area contributed by atoms with Crippen molar-refractivity contribution in [1.29, 1.82) is 0 Å². The third kappa shape index (κ3) is 1.84. The molecule has 13 heavy (non-hydrogen) atoms. The average Bonchev–Trinajstić information content (AvgIpc) is 2.50. The Morgan fingerprint density at radius 2 is 2.31 bits per heavy atom. The summed E-state index contributed by atoms with van der Waals surface area (Å²) in [7, 11) is 0. The van der Waals surface area contributed by atoms with E-state index < -0.39 is 16.9 Å². The van der Waals surface area contributed by atoms with Crippen LogP contribution >= 0.6 is 0 Å². The fraction of sp³-hybridized carbons (Fsp3) is 0.286. The third-order valence-corrected chi connectivity index (χ3v) is 1.57. The lowest BCUT2D eigenvalue weighted by Gasteiger charge is -1.97. The number of hydrogen-bond donors (Lipinski definition) is 1. The molecule has 0 saturated heterocycles. The van der Waals surface area contributed by atoms with Crippen molar-refractivity contribution in [2.75, 3.05) is 0 Å². The van der Waals surface area contributed by atoms with Crippen LogP contribution in [0.2, 0.25) is 0 Å². The highest BCUT2D eigenvalue weighted by molar-refractivity contribution is 5.84. The number of aromatic carboxylic acids is 1. The molecule has 1 aromatic rings. The summed E-state index contributed by atoms with van der Waals surface area (Å²) in [4.78, 5) is 20.1. The number of carboxylic acid groups (broad SMARTS) is 1. The smallest absolute Gasteiger partial charge is 0.371 e. The van der Waals surface area contributed by atoms with Gasteiger partial charge in [0.15, 0.2) is 5.76 Å². The highest BCUT2D eigenvalue weighted by Gasteiger charge is 2.21. The second-order valence-electron chi connectivity index (χ2n) is 2.47. The predicted octanol–water partition coefficient (Wildman–Crippen LogP) is 1.32. The third-order valence-electron chi connectivity index (χ3n) is 1.57. The summed E-state index contributed by atoms with van der Waals surface area (Å²) < 4.78 is 4.73. The Kier molecular flexibility index (Phi) is 2.32. The molecule has 0 radical (unpaired) electrons. The van der Waals surface area contributed by atoms with E-state index in [-0.39, 0.29) is 11.5 Å². The average molecular weight is 185 g/mol. The van der Waals surface area contributed by atoms with Crippen molar-refractivity contribution in [1.82, 2.24) is 0 Å². The summed E-state index contributed by atoms with van der Waals surface area (Å²) in [6, 6.07) is 1.46. The van der Waals surface area contributed by atoms with Gasteiger partial charge in [-0.15, -0.1) is 0 Å². The molecule has 0 fully saturated rings. The number of furan rings is 1. The largest absolute Gasteiger partial charge is 0.475 e. The highest BCUT2D eigenvalue weighted by atomic mass is 16.6. The summed E-state index contributed by atoms with van der Waals surface area (Å²) in [6.07, 6.45) is 0. The van der Waals surface area contributed by atoms with Crippen LogP contribution in [0.1, 0.15) is 29.3 Å². The van der Waals surface area contributed by atoms with E-state index in [0.29, 0.717) is 0 Å². The molecule has 1 aromatic heterocycles. The second kappa shape index (κ2) is 3.26. The number of carboxylic acids is 1. The molecule has 70 valence electrons. The monoisotopic (exact) mass is 185 g/mol. The van der Waals surface area contributed by atoms with E-state index in [4.69, 9.17) is 9.52 Å². The normalized spacial score (nSPS) is 12.4. The van der Waals surface area contributed by atoms with E-state index in [2.05, 4.69) is 0 Å². The molecule has 6 nitrogen and oxygen atoms in total. The van der Waals surface area contributed by atoms with E-state index in [1.165, 1.54) is 19.1 Å². The molecule has 1 N–H and O–H groups in total. The molecule has 0 aliphatic heterocycles. The Labute approximate surface area is 72.9 Å². The zero-order valence-electron chi connectivity index (χ0n) is 6.76. The van der Waals surface area contributed by atoms with Gasteiger partial charge in [0.25, 0.3) is 6.04 Å². The second-order valence-corrected chi connectivity index (χ2v) is 2.47. The molecule has 0 saturated carbocycles. The number of nitro groups is 1. The summed E-state index contributed by atoms with van der Waals surface area (Å²) >= 11 is 0. The lowest BCUT2D eigenvalue weighted by molar-refractivity contribution is -0.527. The summed E-state index contributed by atoms with van der Waals surface area (Å²) in [6.45, 7) is 1.32. The Morgan fingerprint density at radius 3 is 2.69 bits per heavy atom. The molecular formula is C7H7NO5. The van der Waals surface area contributed by atoms with E-state index in [0.717, 1.165) is 0 Å². The van der Waals surface area contributed by atoms with Crippen molar-refractivity contribution in [3.05, 3.63) is 33.8 Å². The molecule has 0 amide bonds. The summed E-state index contributed by atoms with van der Waals surface area (Å²) in [5.74, 6) is -1.48. The lowest BCUT2D eigenvalue weighted by atomic mass is 10.3. The van der Waals surface area contributed by atoms with Crippen LogP contribution in [0.5, 0.6) is 0 Å². The van der Waals surface area contributed by atoms with Crippen LogP contribution in [0.4, 0.5) is 0 Å². The molecule has 0 spiro atoms. The van der Waals surface area contributed by atoms with Gasteiger partial charge >= 0.3 is 5.97 Å². The van der Waals surface area contributed by atoms with Crippen molar-refractivity contribution in [3.8, 4) is 0 Å². The Balaban J connectivity index is 2.91. The van der Waals surface area contributed by atoms with Crippen molar-refractivity contribution in [2.45, 2.75) is 13.0 Å². The van der Waals surface area contributed by atoms with Gasteiger partial charge in [-0.05, 0) is 12.1 Å². The van der Waals surface area contributed by atoms with Crippen molar-refractivity contribution in [2.24, 2.45) is 0 Å². The maximum Gasteiger partial charge on any atom is 0.371 e. The van der Waals surface area contributed by atoms with Gasteiger partial charge in [-0.25, -0.2) is 4.79 Å². The van der Waals surface area contributed by atoms with Crippen LogP contribution in [0, 0.1) is 10.1 Å². The fourth-order valence-corrected chi connectivity index (χ4v) is 0.796. The molecule has 1 heterocycles. The number of hydrogen-bond acceptors (Lipinski definition) is 4. The van der Waals surface area contributed by atoms with E-state index in [1.54, 1.807) is 0 Å².